The van der Waals surface area contributed by atoms with Crippen molar-refractivity contribution >= 4 is 15.7 Å². The van der Waals surface area contributed by atoms with E-state index in [1.807, 2.05) is 18.2 Å². The lowest BCUT2D eigenvalue weighted by molar-refractivity contribution is -0.122. The van der Waals surface area contributed by atoms with E-state index in [0.717, 1.165) is 31.4 Å². The molecule has 0 unspecified atom stereocenters. The maximum absolute atomic E-state index is 12.0. The Labute approximate surface area is 132 Å². The normalized spacial score (nSPS) is 22.2. The Balaban J connectivity index is 1.72. The number of sulfone groups is 1. The maximum Gasteiger partial charge on any atom is 0.220 e. The van der Waals surface area contributed by atoms with E-state index in [-0.39, 0.29) is 17.2 Å². The van der Waals surface area contributed by atoms with Gasteiger partial charge in [0.15, 0.2) is 0 Å². The molecule has 1 aromatic rings. The van der Waals surface area contributed by atoms with Crippen molar-refractivity contribution in [1.29, 1.82) is 0 Å². The van der Waals surface area contributed by atoms with Crippen LogP contribution in [0.1, 0.15) is 44.2 Å². The van der Waals surface area contributed by atoms with Gasteiger partial charge in [-0.05, 0) is 44.2 Å². The van der Waals surface area contributed by atoms with Gasteiger partial charge in [0.1, 0.15) is 9.84 Å². The first-order chi connectivity index (χ1) is 10.4. The topological polar surface area (TPSA) is 76.1 Å². The summed E-state index contributed by atoms with van der Waals surface area (Å²) in [6, 6.07) is 5.76. The molecular formula is C16H24N2O3S. The fourth-order valence-electron chi connectivity index (χ4n) is 2.94. The minimum Gasteiger partial charge on any atom is -0.353 e. The van der Waals surface area contributed by atoms with Crippen molar-refractivity contribution in [2.24, 2.45) is 0 Å². The lowest BCUT2D eigenvalue weighted by Gasteiger charge is -2.28. The van der Waals surface area contributed by atoms with Gasteiger partial charge in [-0.2, -0.15) is 0 Å². The second-order valence-corrected chi connectivity index (χ2v) is 8.38. The maximum atomic E-state index is 12.0. The van der Waals surface area contributed by atoms with Crippen LogP contribution in [0.5, 0.6) is 0 Å². The van der Waals surface area contributed by atoms with E-state index >= 15 is 0 Å². The van der Waals surface area contributed by atoms with E-state index in [0.29, 0.717) is 19.3 Å². The summed E-state index contributed by atoms with van der Waals surface area (Å²) >= 11 is 0. The largest absolute Gasteiger partial charge is 0.353 e. The predicted molar refractivity (Wildman–Crippen MR) is 86.2 cm³/mol. The van der Waals surface area contributed by atoms with Crippen LogP contribution in [0.3, 0.4) is 0 Å². The van der Waals surface area contributed by atoms with Gasteiger partial charge < -0.3 is 5.32 Å². The molecule has 0 bridgehead atoms. The minimum absolute atomic E-state index is 0.00387. The number of nitrogens with one attached hydrogen (secondary N) is 1. The van der Waals surface area contributed by atoms with E-state index in [2.05, 4.69) is 10.3 Å². The van der Waals surface area contributed by atoms with Gasteiger partial charge >= 0.3 is 0 Å². The highest BCUT2D eigenvalue weighted by atomic mass is 32.2. The molecular weight excluding hydrogens is 300 g/mol. The van der Waals surface area contributed by atoms with Gasteiger partial charge in [0, 0.05) is 30.6 Å². The van der Waals surface area contributed by atoms with Crippen LogP contribution in [0.15, 0.2) is 24.4 Å². The molecule has 0 aliphatic heterocycles. The van der Waals surface area contributed by atoms with E-state index in [1.165, 1.54) is 6.26 Å². The van der Waals surface area contributed by atoms with Crippen LogP contribution in [-0.2, 0) is 21.1 Å². The molecule has 1 saturated carbocycles. The second-order valence-electron chi connectivity index (χ2n) is 6.06. The predicted octanol–water partition coefficient (Wildman–Crippen LogP) is 1.88. The van der Waals surface area contributed by atoms with Crippen LogP contribution in [-0.4, -0.2) is 36.9 Å². The summed E-state index contributed by atoms with van der Waals surface area (Å²) in [6.07, 6.45) is 8.02. The monoisotopic (exact) mass is 324 g/mol. The number of pyridine rings is 1. The Kier molecular flexibility index (Phi) is 5.94. The van der Waals surface area contributed by atoms with E-state index in [1.54, 1.807) is 6.20 Å². The summed E-state index contributed by atoms with van der Waals surface area (Å²) in [5.41, 5.74) is 0.991. The van der Waals surface area contributed by atoms with E-state index in [4.69, 9.17) is 0 Å². The number of hydrogen-bond acceptors (Lipinski definition) is 4. The zero-order valence-corrected chi connectivity index (χ0v) is 13.8. The molecule has 5 nitrogen and oxygen atoms in total. The SMILES string of the molecule is CS(=O)(=O)[C@H]1CCC[C@@H](NC(=O)CCCc2ccccn2)C1. The van der Waals surface area contributed by atoms with Gasteiger partial charge in [0.25, 0.3) is 0 Å². The van der Waals surface area contributed by atoms with Crippen LogP contribution in [0.2, 0.25) is 0 Å². The lowest BCUT2D eigenvalue weighted by atomic mass is 9.95. The molecule has 1 fully saturated rings. The minimum atomic E-state index is -3.01. The first kappa shape index (κ1) is 16.9. The van der Waals surface area contributed by atoms with Crippen LogP contribution < -0.4 is 5.32 Å². The molecule has 1 heterocycles. The lowest BCUT2D eigenvalue weighted by Crippen LogP contribution is -2.41. The summed E-state index contributed by atoms with van der Waals surface area (Å²) in [4.78, 5) is 16.2. The number of carbonyl (C=O) groups excluding carboxylic acids is 1. The molecule has 1 amide bonds. The molecule has 0 aromatic carbocycles. The third-order valence-electron chi connectivity index (χ3n) is 4.16. The van der Waals surface area contributed by atoms with Crippen LogP contribution in [0, 0.1) is 0 Å². The van der Waals surface area contributed by atoms with Gasteiger partial charge in [-0.25, -0.2) is 8.42 Å². The molecule has 2 atom stereocenters. The summed E-state index contributed by atoms with van der Waals surface area (Å²) < 4.78 is 23.3. The van der Waals surface area contributed by atoms with Gasteiger partial charge in [-0.1, -0.05) is 12.5 Å². The standard InChI is InChI=1S/C16H24N2O3S/c1-22(20,21)15-9-4-8-14(12-15)18-16(19)10-5-7-13-6-2-3-11-17-13/h2-3,6,11,14-15H,4-5,7-10,12H2,1H3,(H,18,19)/t14-,15+/m1/s1. The van der Waals surface area contributed by atoms with Crippen molar-refractivity contribution in [3.8, 4) is 0 Å². The Morgan fingerprint density at radius 1 is 1.36 bits per heavy atom. The number of rotatable bonds is 6. The Morgan fingerprint density at radius 3 is 2.86 bits per heavy atom. The Hall–Kier alpha value is -1.43. The first-order valence-corrected chi connectivity index (χ1v) is 9.79. The highest BCUT2D eigenvalue weighted by molar-refractivity contribution is 7.91. The quantitative estimate of drug-likeness (QED) is 0.867. The third kappa shape index (κ3) is 5.40. The molecule has 0 saturated heterocycles. The molecule has 1 aliphatic carbocycles. The number of hydrogen-bond donors (Lipinski definition) is 1. The Morgan fingerprint density at radius 2 is 2.18 bits per heavy atom. The van der Waals surface area contributed by atoms with Crippen molar-refractivity contribution in [1.82, 2.24) is 10.3 Å². The number of aromatic nitrogens is 1. The van der Waals surface area contributed by atoms with Crippen LogP contribution in [0.25, 0.3) is 0 Å². The molecule has 0 radical (unpaired) electrons. The average Bonchev–Trinajstić information content (AvgIpc) is 2.48. The first-order valence-electron chi connectivity index (χ1n) is 7.83. The Bertz CT molecular complexity index is 587. The fourth-order valence-corrected chi connectivity index (χ4v) is 4.12. The fraction of sp³-hybridized carbons (Fsp3) is 0.625. The molecule has 6 heteroatoms. The smallest absolute Gasteiger partial charge is 0.220 e. The van der Waals surface area contributed by atoms with Gasteiger partial charge in [-0.3, -0.25) is 9.78 Å². The van der Waals surface area contributed by atoms with Gasteiger partial charge in [0.05, 0.1) is 5.25 Å². The molecule has 0 spiro atoms. The highest BCUT2D eigenvalue weighted by Crippen LogP contribution is 2.23. The van der Waals surface area contributed by atoms with E-state index < -0.39 is 9.84 Å². The average molecular weight is 324 g/mol. The third-order valence-corrected chi connectivity index (χ3v) is 5.80. The molecule has 22 heavy (non-hydrogen) atoms. The van der Waals surface area contributed by atoms with Crippen molar-refractivity contribution in [2.45, 2.75) is 56.2 Å². The number of nitrogens with zero attached hydrogens (tertiary/aromatic N) is 1. The van der Waals surface area contributed by atoms with Crippen LogP contribution >= 0.6 is 0 Å². The summed E-state index contributed by atoms with van der Waals surface area (Å²) in [5.74, 6) is 0.00934. The summed E-state index contributed by atoms with van der Waals surface area (Å²) in [5, 5.41) is 2.68. The van der Waals surface area contributed by atoms with Crippen molar-refractivity contribution in [2.75, 3.05) is 6.26 Å². The van der Waals surface area contributed by atoms with Gasteiger partial charge in [0.2, 0.25) is 5.91 Å². The van der Waals surface area contributed by atoms with E-state index in [9.17, 15) is 13.2 Å². The van der Waals surface area contributed by atoms with Crippen molar-refractivity contribution < 1.29 is 13.2 Å². The highest BCUT2D eigenvalue weighted by Gasteiger charge is 2.29. The number of carbonyl (C=O) groups is 1. The zero-order chi connectivity index (χ0) is 16.0. The molecule has 1 N–H and O–H groups in total. The van der Waals surface area contributed by atoms with Crippen molar-refractivity contribution in [3.05, 3.63) is 30.1 Å². The molecule has 2 rings (SSSR count). The molecule has 1 aliphatic rings. The van der Waals surface area contributed by atoms with Crippen LogP contribution in [0.4, 0.5) is 0 Å². The molecule has 1 aromatic heterocycles. The summed E-state index contributed by atoms with van der Waals surface area (Å²) in [7, 11) is -3.01. The number of aryl methyl sites for hydroxylation is 1. The zero-order valence-electron chi connectivity index (χ0n) is 13.0. The summed E-state index contributed by atoms with van der Waals surface area (Å²) in [6.45, 7) is 0. The van der Waals surface area contributed by atoms with Gasteiger partial charge in [-0.15, -0.1) is 0 Å². The molecule has 122 valence electrons. The van der Waals surface area contributed by atoms with Crippen molar-refractivity contribution in [3.63, 3.8) is 0 Å². The second kappa shape index (κ2) is 7.72. The number of amides is 1.